The van der Waals surface area contributed by atoms with Gasteiger partial charge in [0, 0.05) is 19.6 Å². The van der Waals surface area contributed by atoms with Gasteiger partial charge in [0.1, 0.15) is 0 Å². The van der Waals surface area contributed by atoms with Crippen molar-refractivity contribution in [2.75, 3.05) is 13.7 Å². The van der Waals surface area contributed by atoms with Gasteiger partial charge in [0.2, 0.25) is 0 Å². The number of nitrogens with one attached hydrogen (secondary N) is 1. The second-order valence-electron chi connectivity index (χ2n) is 4.68. The van der Waals surface area contributed by atoms with Gasteiger partial charge in [-0.15, -0.1) is 0 Å². The van der Waals surface area contributed by atoms with Crippen molar-refractivity contribution in [2.45, 2.75) is 25.1 Å². The molecule has 0 heterocycles. The SMILES string of the molecule is COCc1ccc(C(CNC(=O)C(F)(F)F)CC(=O)O)cc1. The molecule has 1 amide bonds. The van der Waals surface area contributed by atoms with E-state index in [9.17, 15) is 22.8 Å². The molecule has 0 fully saturated rings. The lowest BCUT2D eigenvalue weighted by molar-refractivity contribution is -0.173. The average molecular weight is 319 g/mol. The molecular weight excluding hydrogens is 303 g/mol. The maximum Gasteiger partial charge on any atom is 0.471 e. The minimum absolute atomic E-state index is 0.370. The lowest BCUT2D eigenvalue weighted by Crippen LogP contribution is -2.39. The molecule has 1 aromatic rings. The van der Waals surface area contributed by atoms with Crippen molar-refractivity contribution in [2.24, 2.45) is 0 Å². The second-order valence-corrected chi connectivity index (χ2v) is 4.68. The second kappa shape index (κ2) is 7.79. The number of aliphatic carboxylic acids is 1. The molecule has 5 nitrogen and oxygen atoms in total. The van der Waals surface area contributed by atoms with Gasteiger partial charge in [0.05, 0.1) is 13.0 Å². The van der Waals surface area contributed by atoms with Gasteiger partial charge in [-0.05, 0) is 11.1 Å². The summed E-state index contributed by atoms with van der Waals surface area (Å²) in [5, 5.41) is 10.6. The predicted octanol–water partition coefficient (Wildman–Crippen LogP) is 2.07. The number of carbonyl (C=O) groups is 2. The maximum absolute atomic E-state index is 12.2. The number of rotatable bonds is 7. The number of carboxylic acid groups (broad SMARTS) is 1. The largest absolute Gasteiger partial charge is 0.481 e. The number of benzene rings is 1. The Bertz CT molecular complexity index is 514. The molecule has 0 aliphatic carbocycles. The van der Waals surface area contributed by atoms with Crippen LogP contribution < -0.4 is 5.32 Å². The third kappa shape index (κ3) is 5.72. The van der Waals surface area contributed by atoms with Crippen molar-refractivity contribution in [3.8, 4) is 0 Å². The summed E-state index contributed by atoms with van der Waals surface area (Å²) in [5.74, 6) is -3.99. The molecule has 0 saturated heterocycles. The van der Waals surface area contributed by atoms with E-state index in [2.05, 4.69) is 0 Å². The number of hydrogen-bond acceptors (Lipinski definition) is 3. The molecule has 122 valence electrons. The van der Waals surface area contributed by atoms with E-state index in [4.69, 9.17) is 9.84 Å². The van der Waals surface area contributed by atoms with Gasteiger partial charge in [-0.3, -0.25) is 9.59 Å². The predicted molar refractivity (Wildman–Crippen MR) is 71.2 cm³/mol. The van der Waals surface area contributed by atoms with E-state index in [0.717, 1.165) is 5.56 Å². The molecule has 1 atom stereocenters. The Morgan fingerprint density at radius 2 is 1.86 bits per heavy atom. The highest BCUT2D eigenvalue weighted by Crippen LogP contribution is 2.21. The van der Waals surface area contributed by atoms with Crippen LogP contribution in [-0.2, 0) is 20.9 Å². The summed E-state index contributed by atoms with van der Waals surface area (Å²) in [7, 11) is 1.52. The fourth-order valence-electron chi connectivity index (χ4n) is 1.89. The molecule has 0 aliphatic heterocycles. The molecule has 1 unspecified atom stereocenters. The number of carboxylic acids is 1. The van der Waals surface area contributed by atoms with E-state index < -0.39 is 30.5 Å². The minimum atomic E-state index is -4.99. The van der Waals surface area contributed by atoms with Crippen molar-refractivity contribution >= 4 is 11.9 Å². The third-order valence-corrected chi connectivity index (χ3v) is 2.95. The smallest absolute Gasteiger partial charge is 0.471 e. The van der Waals surface area contributed by atoms with Crippen LogP contribution >= 0.6 is 0 Å². The zero-order valence-electron chi connectivity index (χ0n) is 11.8. The van der Waals surface area contributed by atoms with Crippen molar-refractivity contribution in [3.05, 3.63) is 35.4 Å². The van der Waals surface area contributed by atoms with Crippen LogP contribution in [0.25, 0.3) is 0 Å². The molecule has 0 bridgehead atoms. The first-order valence-electron chi connectivity index (χ1n) is 6.38. The van der Waals surface area contributed by atoms with Crippen LogP contribution in [0.4, 0.5) is 13.2 Å². The topological polar surface area (TPSA) is 75.6 Å². The monoisotopic (exact) mass is 319 g/mol. The van der Waals surface area contributed by atoms with Crippen molar-refractivity contribution in [1.29, 1.82) is 0 Å². The Balaban J connectivity index is 2.79. The van der Waals surface area contributed by atoms with Crippen LogP contribution in [0.3, 0.4) is 0 Å². The van der Waals surface area contributed by atoms with Crippen LogP contribution in [0.15, 0.2) is 24.3 Å². The van der Waals surface area contributed by atoms with E-state index in [0.29, 0.717) is 12.2 Å². The number of carbonyl (C=O) groups excluding carboxylic acids is 1. The van der Waals surface area contributed by atoms with Gasteiger partial charge in [0.25, 0.3) is 0 Å². The summed E-state index contributed by atoms with van der Waals surface area (Å²) in [4.78, 5) is 21.7. The molecule has 0 saturated carbocycles. The minimum Gasteiger partial charge on any atom is -0.481 e. The van der Waals surface area contributed by atoms with E-state index in [1.54, 1.807) is 29.6 Å². The summed E-state index contributed by atoms with van der Waals surface area (Å²) < 4.78 is 41.4. The number of alkyl halides is 3. The van der Waals surface area contributed by atoms with E-state index in [-0.39, 0.29) is 6.42 Å². The summed E-state index contributed by atoms with van der Waals surface area (Å²) in [5.41, 5.74) is 1.38. The van der Waals surface area contributed by atoms with Crippen molar-refractivity contribution in [1.82, 2.24) is 5.32 Å². The lowest BCUT2D eigenvalue weighted by atomic mass is 9.94. The molecule has 8 heteroatoms. The Kier molecular flexibility index (Phi) is 6.36. The summed E-state index contributed by atoms with van der Waals surface area (Å²) in [6, 6.07) is 6.61. The number of ether oxygens (including phenoxy) is 1. The molecule has 0 aliphatic rings. The Morgan fingerprint density at radius 1 is 1.27 bits per heavy atom. The summed E-state index contributed by atoms with van der Waals surface area (Å²) >= 11 is 0. The van der Waals surface area contributed by atoms with E-state index in [1.165, 1.54) is 7.11 Å². The molecular formula is C14H16F3NO4. The maximum atomic E-state index is 12.2. The number of hydrogen-bond donors (Lipinski definition) is 2. The molecule has 1 rings (SSSR count). The average Bonchev–Trinajstić information content (AvgIpc) is 2.43. The Morgan fingerprint density at radius 3 is 2.32 bits per heavy atom. The highest BCUT2D eigenvalue weighted by Gasteiger charge is 2.38. The fourth-order valence-corrected chi connectivity index (χ4v) is 1.89. The summed E-state index contributed by atoms with van der Waals surface area (Å²) in [6.07, 6.45) is -5.38. The van der Waals surface area contributed by atoms with Gasteiger partial charge >= 0.3 is 18.1 Å². The Hall–Kier alpha value is -2.09. The fraction of sp³-hybridized carbons (Fsp3) is 0.429. The van der Waals surface area contributed by atoms with Crippen LogP contribution in [0.5, 0.6) is 0 Å². The van der Waals surface area contributed by atoms with Gasteiger partial charge in [-0.25, -0.2) is 0 Å². The first-order chi connectivity index (χ1) is 10.2. The van der Waals surface area contributed by atoms with Gasteiger partial charge < -0.3 is 15.2 Å². The molecule has 2 N–H and O–H groups in total. The van der Waals surface area contributed by atoms with Crippen LogP contribution in [-0.4, -0.2) is 36.8 Å². The zero-order chi connectivity index (χ0) is 16.8. The molecule has 1 aromatic carbocycles. The molecule has 0 aromatic heterocycles. The van der Waals surface area contributed by atoms with Gasteiger partial charge in [0.15, 0.2) is 0 Å². The van der Waals surface area contributed by atoms with Crippen molar-refractivity contribution < 1.29 is 32.6 Å². The zero-order valence-corrected chi connectivity index (χ0v) is 11.8. The first kappa shape index (κ1) is 18.0. The van der Waals surface area contributed by atoms with Crippen LogP contribution in [0.1, 0.15) is 23.5 Å². The van der Waals surface area contributed by atoms with E-state index in [1.807, 2.05) is 0 Å². The molecule has 22 heavy (non-hydrogen) atoms. The number of methoxy groups -OCH3 is 1. The third-order valence-electron chi connectivity index (χ3n) is 2.95. The highest BCUT2D eigenvalue weighted by atomic mass is 19.4. The molecule has 0 radical (unpaired) electrons. The van der Waals surface area contributed by atoms with E-state index >= 15 is 0 Å². The summed E-state index contributed by atoms with van der Waals surface area (Å²) in [6.45, 7) is -0.0387. The first-order valence-corrected chi connectivity index (χ1v) is 6.38. The van der Waals surface area contributed by atoms with Gasteiger partial charge in [-0.2, -0.15) is 13.2 Å². The number of amides is 1. The Labute approximate surface area is 125 Å². The van der Waals surface area contributed by atoms with Gasteiger partial charge in [-0.1, -0.05) is 24.3 Å². The standard InChI is InChI=1S/C14H16F3NO4/c1-22-8-9-2-4-10(5-3-9)11(6-12(19)20)7-18-13(21)14(15,16)17/h2-5,11H,6-8H2,1H3,(H,18,21)(H,19,20). The highest BCUT2D eigenvalue weighted by molar-refractivity contribution is 5.81. The quantitative estimate of drug-likeness (QED) is 0.807. The van der Waals surface area contributed by atoms with Crippen molar-refractivity contribution in [3.63, 3.8) is 0 Å². The molecule has 0 spiro atoms. The number of halogens is 3. The lowest BCUT2D eigenvalue weighted by Gasteiger charge is -2.17. The normalized spacial score (nSPS) is 12.7. The van der Waals surface area contributed by atoms with Crippen LogP contribution in [0, 0.1) is 0 Å². The van der Waals surface area contributed by atoms with Crippen LogP contribution in [0.2, 0.25) is 0 Å².